The second-order valence-electron chi connectivity index (χ2n) is 5.02. The fraction of sp³-hybridized carbons (Fsp3) is 0.118. The number of rotatable bonds is 5. The third kappa shape index (κ3) is 3.78. The van der Waals surface area contributed by atoms with E-state index in [0.717, 1.165) is 0 Å². The molecule has 5 nitrogen and oxygen atoms in total. The third-order valence-corrected chi connectivity index (χ3v) is 3.56. The number of carbonyl (C=O) groups is 1. The lowest BCUT2D eigenvalue weighted by Gasteiger charge is -2.03. The van der Waals surface area contributed by atoms with Gasteiger partial charge in [0.1, 0.15) is 5.82 Å². The summed E-state index contributed by atoms with van der Waals surface area (Å²) in [4.78, 5) is 12.0. The molecule has 0 aliphatic carbocycles. The lowest BCUT2D eigenvalue weighted by atomic mass is 10.1. The summed E-state index contributed by atoms with van der Waals surface area (Å²) < 4.78 is 18.8. The molecular formula is C17H13ClFN3O2. The van der Waals surface area contributed by atoms with Crippen molar-refractivity contribution in [2.24, 2.45) is 0 Å². The first kappa shape index (κ1) is 16.1. The maximum atomic E-state index is 13.5. The maximum absolute atomic E-state index is 13.5. The Morgan fingerprint density at radius 2 is 2.00 bits per heavy atom. The smallest absolute Gasteiger partial charge is 0.308 e. The highest BCUT2D eigenvalue weighted by Gasteiger charge is 2.15. The summed E-state index contributed by atoms with van der Waals surface area (Å²) in [7, 11) is 0. The number of hydrogen-bond donors (Lipinski definition) is 1. The van der Waals surface area contributed by atoms with E-state index < -0.39 is 5.91 Å². The Morgan fingerprint density at radius 3 is 2.79 bits per heavy atom. The number of nitrogens with one attached hydrogen (secondary N) is 1. The number of halogens is 2. The largest absolute Gasteiger partial charge is 0.412 e. The molecule has 0 saturated carbocycles. The van der Waals surface area contributed by atoms with E-state index in [9.17, 15) is 9.18 Å². The molecule has 1 amide bonds. The first-order chi connectivity index (χ1) is 11.6. The molecule has 0 aliphatic heterocycles. The molecule has 122 valence electrons. The summed E-state index contributed by atoms with van der Waals surface area (Å²) in [5.41, 5.74) is 1.16. The quantitative estimate of drug-likeness (QED) is 0.768. The number of nitrogens with zero attached hydrogens (tertiary/aromatic N) is 2. The highest BCUT2D eigenvalue weighted by atomic mass is 35.5. The van der Waals surface area contributed by atoms with Gasteiger partial charge in [0.05, 0.1) is 0 Å². The van der Waals surface area contributed by atoms with Gasteiger partial charge in [-0.3, -0.25) is 4.79 Å². The van der Waals surface area contributed by atoms with E-state index >= 15 is 0 Å². The van der Waals surface area contributed by atoms with Gasteiger partial charge in [-0.05, 0) is 36.2 Å². The van der Waals surface area contributed by atoms with Gasteiger partial charge in [0, 0.05) is 17.1 Å². The number of hydrogen-bond acceptors (Lipinski definition) is 4. The minimum Gasteiger partial charge on any atom is -0.412 e. The van der Waals surface area contributed by atoms with Crippen LogP contribution < -0.4 is 5.32 Å². The second-order valence-corrected chi connectivity index (χ2v) is 5.46. The predicted molar refractivity (Wildman–Crippen MR) is 87.2 cm³/mol. The van der Waals surface area contributed by atoms with Crippen LogP contribution in [0.4, 0.5) is 4.39 Å². The Balaban J connectivity index is 1.61. The van der Waals surface area contributed by atoms with Crippen molar-refractivity contribution in [2.75, 3.05) is 6.54 Å². The molecule has 1 aromatic heterocycles. The SMILES string of the molecule is O=C(NCCc1ccccc1F)c1nnc(-c2cccc(Cl)c2)o1. The van der Waals surface area contributed by atoms with Crippen LogP contribution in [-0.2, 0) is 6.42 Å². The van der Waals surface area contributed by atoms with E-state index in [1.165, 1.54) is 6.07 Å². The van der Waals surface area contributed by atoms with E-state index in [1.54, 1.807) is 42.5 Å². The molecular weight excluding hydrogens is 333 g/mol. The topological polar surface area (TPSA) is 68.0 Å². The molecule has 24 heavy (non-hydrogen) atoms. The Morgan fingerprint density at radius 1 is 1.17 bits per heavy atom. The van der Waals surface area contributed by atoms with E-state index in [-0.39, 0.29) is 24.1 Å². The molecule has 0 bridgehead atoms. The first-order valence-corrected chi connectivity index (χ1v) is 7.62. The van der Waals surface area contributed by atoms with Crippen molar-refractivity contribution in [1.82, 2.24) is 15.5 Å². The number of carbonyl (C=O) groups excluding carboxylic acids is 1. The minimum atomic E-state index is -0.507. The van der Waals surface area contributed by atoms with Crippen molar-refractivity contribution in [3.8, 4) is 11.5 Å². The average Bonchev–Trinajstić information content (AvgIpc) is 3.07. The highest BCUT2D eigenvalue weighted by Crippen LogP contribution is 2.21. The van der Waals surface area contributed by atoms with E-state index in [0.29, 0.717) is 22.6 Å². The number of benzene rings is 2. The van der Waals surface area contributed by atoms with Crippen LogP contribution in [0.3, 0.4) is 0 Å². The fourth-order valence-corrected chi connectivity index (χ4v) is 2.33. The minimum absolute atomic E-state index is 0.154. The molecule has 0 fully saturated rings. The molecule has 0 atom stereocenters. The molecule has 0 spiro atoms. The van der Waals surface area contributed by atoms with Crippen molar-refractivity contribution in [3.05, 3.63) is 70.8 Å². The van der Waals surface area contributed by atoms with Crippen LogP contribution in [0.15, 0.2) is 52.9 Å². The lowest BCUT2D eigenvalue weighted by Crippen LogP contribution is -2.26. The fourth-order valence-electron chi connectivity index (χ4n) is 2.14. The standard InChI is InChI=1S/C17H13ClFN3O2/c18-13-6-3-5-12(10-13)16-21-22-17(24-16)15(23)20-9-8-11-4-1-2-7-14(11)19/h1-7,10H,8-9H2,(H,20,23). The van der Waals surface area contributed by atoms with Crippen LogP contribution in [0.2, 0.25) is 5.02 Å². The molecule has 3 rings (SSSR count). The zero-order valence-electron chi connectivity index (χ0n) is 12.5. The summed E-state index contributed by atoms with van der Waals surface area (Å²) in [6.45, 7) is 0.259. The van der Waals surface area contributed by atoms with Crippen LogP contribution in [0.1, 0.15) is 16.2 Å². The summed E-state index contributed by atoms with van der Waals surface area (Å²) in [6.07, 6.45) is 0.369. The van der Waals surface area contributed by atoms with E-state index in [2.05, 4.69) is 15.5 Å². The van der Waals surface area contributed by atoms with Gasteiger partial charge in [-0.25, -0.2) is 4.39 Å². The van der Waals surface area contributed by atoms with Gasteiger partial charge < -0.3 is 9.73 Å². The number of amides is 1. The van der Waals surface area contributed by atoms with Gasteiger partial charge in [-0.1, -0.05) is 35.9 Å². The molecule has 0 unspecified atom stereocenters. The van der Waals surface area contributed by atoms with Gasteiger partial charge in [0.25, 0.3) is 0 Å². The first-order valence-electron chi connectivity index (χ1n) is 7.24. The lowest BCUT2D eigenvalue weighted by molar-refractivity contribution is 0.0920. The second kappa shape index (κ2) is 7.23. The normalized spacial score (nSPS) is 10.6. The molecule has 0 radical (unpaired) electrons. The molecule has 7 heteroatoms. The van der Waals surface area contributed by atoms with Crippen molar-refractivity contribution < 1.29 is 13.6 Å². The number of aromatic nitrogens is 2. The average molecular weight is 346 g/mol. The third-order valence-electron chi connectivity index (χ3n) is 3.33. The van der Waals surface area contributed by atoms with Crippen molar-refractivity contribution >= 4 is 17.5 Å². The molecule has 0 aliphatic rings. The van der Waals surface area contributed by atoms with Crippen molar-refractivity contribution in [3.63, 3.8) is 0 Å². The van der Waals surface area contributed by atoms with E-state index in [1.807, 2.05) is 0 Å². The Hall–Kier alpha value is -2.73. The highest BCUT2D eigenvalue weighted by molar-refractivity contribution is 6.30. The van der Waals surface area contributed by atoms with Gasteiger partial charge in [-0.2, -0.15) is 0 Å². The van der Waals surface area contributed by atoms with Crippen LogP contribution >= 0.6 is 11.6 Å². The van der Waals surface area contributed by atoms with Gasteiger partial charge in [-0.15, -0.1) is 10.2 Å². The summed E-state index contributed by atoms with van der Waals surface area (Å²) in [5.74, 6) is -0.754. The van der Waals surface area contributed by atoms with Crippen molar-refractivity contribution in [1.29, 1.82) is 0 Å². The molecule has 0 saturated heterocycles. The molecule has 1 heterocycles. The van der Waals surface area contributed by atoms with E-state index in [4.69, 9.17) is 16.0 Å². The zero-order valence-corrected chi connectivity index (χ0v) is 13.3. The summed E-state index contributed by atoms with van der Waals surface area (Å²) in [6, 6.07) is 13.3. The summed E-state index contributed by atoms with van der Waals surface area (Å²) >= 11 is 5.90. The van der Waals surface area contributed by atoms with Crippen LogP contribution in [0, 0.1) is 5.82 Å². The molecule has 3 aromatic rings. The predicted octanol–water partition coefficient (Wildman–Crippen LogP) is 3.50. The van der Waals surface area contributed by atoms with Gasteiger partial charge in [0.2, 0.25) is 5.89 Å². The van der Waals surface area contributed by atoms with Gasteiger partial charge >= 0.3 is 11.8 Å². The summed E-state index contributed by atoms with van der Waals surface area (Å²) in [5, 5.41) is 10.7. The van der Waals surface area contributed by atoms with Crippen molar-refractivity contribution in [2.45, 2.75) is 6.42 Å². The molecule has 1 N–H and O–H groups in total. The Bertz CT molecular complexity index is 866. The van der Waals surface area contributed by atoms with Crippen LogP contribution in [0.25, 0.3) is 11.5 Å². The van der Waals surface area contributed by atoms with Crippen LogP contribution in [-0.4, -0.2) is 22.6 Å². The Kier molecular flexibility index (Phi) is 4.86. The van der Waals surface area contributed by atoms with Gasteiger partial charge in [0.15, 0.2) is 0 Å². The Labute approximate surface area is 142 Å². The molecule has 2 aromatic carbocycles. The van der Waals surface area contributed by atoms with Crippen LogP contribution in [0.5, 0.6) is 0 Å². The monoisotopic (exact) mass is 345 g/mol. The maximum Gasteiger partial charge on any atom is 0.308 e. The zero-order chi connectivity index (χ0) is 16.9.